The van der Waals surface area contributed by atoms with Crippen LogP contribution in [0.4, 0.5) is 5.69 Å². The number of rotatable bonds is 6. The van der Waals surface area contributed by atoms with Crippen LogP contribution < -0.4 is 11.1 Å². The van der Waals surface area contributed by atoms with Crippen molar-refractivity contribution in [3.63, 3.8) is 0 Å². The van der Waals surface area contributed by atoms with Crippen molar-refractivity contribution in [1.29, 1.82) is 0 Å². The molecule has 0 aliphatic heterocycles. The minimum Gasteiger partial charge on any atom is -0.382 e. The van der Waals surface area contributed by atoms with Crippen molar-refractivity contribution in [3.05, 3.63) is 29.3 Å². The van der Waals surface area contributed by atoms with Crippen LogP contribution in [0.2, 0.25) is 0 Å². The lowest BCUT2D eigenvalue weighted by Gasteiger charge is -2.08. The third-order valence-corrected chi connectivity index (χ3v) is 3.30. The Morgan fingerprint density at radius 3 is 3.05 bits per heavy atom. The molecule has 4 nitrogen and oxygen atoms in total. The molecule has 0 spiro atoms. The van der Waals surface area contributed by atoms with E-state index in [1.165, 1.54) is 30.4 Å². The lowest BCUT2D eigenvalue weighted by molar-refractivity contribution is 0.146. The van der Waals surface area contributed by atoms with Gasteiger partial charge in [0.2, 0.25) is 0 Å². The Kier molecular flexibility index (Phi) is 5.21. The third-order valence-electron chi connectivity index (χ3n) is 3.30. The molecular weight excluding hydrogens is 238 g/mol. The van der Waals surface area contributed by atoms with Gasteiger partial charge in [-0.15, -0.1) is 0 Å². The first-order chi connectivity index (χ1) is 9.29. The second-order valence-electron chi connectivity index (χ2n) is 4.78. The molecule has 3 N–H and O–H groups in total. The number of fused-ring (bicyclic) bond motifs is 1. The monoisotopic (exact) mass is 261 g/mol. The maximum atomic E-state index is 5.86. The van der Waals surface area contributed by atoms with Crippen molar-refractivity contribution in [1.82, 2.24) is 0 Å². The summed E-state index contributed by atoms with van der Waals surface area (Å²) in [5.41, 5.74) is 9.81. The van der Waals surface area contributed by atoms with Gasteiger partial charge in [0.1, 0.15) is 0 Å². The molecule has 0 fully saturated rings. The van der Waals surface area contributed by atoms with E-state index in [-0.39, 0.29) is 0 Å². The Labute approximate surface area is 115 Å². The van der Waals surface area contributed by atoms with Gasteiger partial charge >= 0.3 is 0 Å². The Morgan fingerprint density at radius 1 is 1.37 bits per heavy atom. The molecule has 1 aromatic carbocycles. The van der Waals surface area contributed by atoms with Gasteiger partial charge in [0.25, 0.3) is 0 Å². The molecule has 19 heavy (non-hydrogen) atoms. The summed E-state index contributed by atoms with van der Waals surface area (Å²) < 4.78 is 5.25. The largest absolute Gasteiger partial charge is 0.382 e. The molecule has 0 amide bonds. The van der Waals surface area contributed by atoms with Crippen molar-refractivity contribution in [2.24, 2.45) is 10.7 Å². The Hall–Kier alpha value is -1.55. The predicted molar refractivity (Wildman–Crippen MR) is 79.7 cm³/mol. The van der Waals surface area contributed by atoms with Gasteiger partial charge in [-0.3, -0.25) is 4.99 Å². The van der Waals surface area contributed by atoms with Crippen LogP contribution in [0.1, 0.15) is 30.9 Å². The van der Waals surface area contributed by atoms with Crippen LogP contribution in [-0.2, 0) is 17.6 Å². The Balaban J connectivity index is 1.81. The number of nitrogens with one attached hydrogen (secondary N) is 1. The van der Waals surface area contributed by atoms with Crippen LogP contribution in [0.5, 0.6) is 0 Å². The average molecular weight is 261 g/mol. The van der Waals surface area contributed by atoms with E-state index < -0.39 is 0 Å². The van der Waals surface area contributed by atoms with Gasteiger partial charge in [-0.2, -0.15) is 0 Å². The molecule has 0 saturated carbocycles. The fraction of sp³-hybridized carbons (Fsp3) is 0.533. The molecule has 4 heteroatoms. The zero-order valence-electron chi connectivity index (χ0n) is 11.6. The highest BCUT2D eigenvalue weighted by atomic mass is 16.5. The minimum atomic E-state index is 0.481. The molecule has 0 unspecified atom stereocenters. The number of guanidine groups is 1. The first-order valence-corrected chi connectivity index (χ1v) is 7.06. The highest BCUT2D eigenvalue weighted by Gasteiger charge is 2.10. The van der Waals surface area contributed by atoms with Crippen LogP contribution in [0, 0.1) is 0 Å². The van der Waals surface area contributed by atoms with Crippen molar-refractivity contribution in [2.75, 3.05) is 25.1 Å². The molecule has 0 heterocycles. The van der Waals surface area contributed by atoms with E-state index in [0.717, 1.165) is 25.3 Å². The van der Waals surface area contributed by atoms with E-state index in [9.17, 15) is 0 Å². The lowest BCUT2D eigenvalue weighted by atomic mass is 10.1. The minimum absolute atomic E-state index is 0.481. The first-order valence-electron chi connectivity index (χ1n) is 7.06. The Bertz CT molecular complexity index is 443. The highest BCUT2D eigenvalue weighted by molar-refractivity contribution is 5.92. The molecule has 0 aromatic heterocycles. The van der Waals surface area contributed by atoms with Crippen molar-refractivity contribution in [2.45, 2.75) is 32.6 Å². The highest BCUT2D eigenvalue weighted by Crippen LogP contribution is 2.24. The number of aliphatic imine (C=N–C) groups is 1. The standard InChI is InChI=1S/C15H23N3O/c1-2-19-10-4-9-17-15(16)18-14-8-7-12-5-3-6-13(12)11-14/h7-8,11H,2-6,9-10H2,1H3,(H3,16,17,18). The summed E-state index contributed by atoms with van der Waals surface area (Å²) in [4.78, 5) is 4.29. The SMILES string of the molecule is CCOCCCN=C(N)Nc1ccc2c(c1)CCC2. The summed E-state index contributed by atoms with van der Waals surface area (Å²) in [7, 11) is 0. The number of aryl methyl sites for hydroxylation is 2. The number of ether oxygens (including phenoxy) is 1. The molecule has 1 aromatic rings. The number of benzene rings is 1. The van der Waals surface area contributed by atoms with Crippen LogP contribution >= 0.6 is 0 Å². The summed E-state index contributed by atoms with van der Waals surface area (Å²) in [5, 5.41) is 3.15. The second kappa shape index (κ2) is 7.14. The topological polar surface area (TPSA) is 59.6 Å². The van der Waals surface area contributed by atoms with E-state index in [1.807, 2.05) is 6.92 Å². The van der Waals surface area contributed by atoms with Gasteiger partial charge in [-0.05, 0) is 55.9 Å². The van der Waals surface area contributed by atoms with Crippen molar-refractivity contribution < 1.29 is 4.74 Å². The first kappa shape index (κ1) is 13.9. The molecule has 0 bridgehead atoms. The molecular formula is C15H23N3O. The smallest absolute Gasteiger partial charge is 0.193 e. The summed E-state index contributed by atoms with van der Waals surface area (Å²) in [6.45, 7) is 4.19. The van der Waals surface area contributed by atoms with Crippen LogP contribution in [-0.4, -0.2) is 25.7 Å². The molecule has 2 rings (SSSR count). The van der Waals surface area contributed by atoms with Crippen LogP contribution in [0.25, 0.3) is 0 Å². The predicted octanol–water partition coefficient (Wildman–Crippen LogP) is 2.33. The van der Waals surface area contributed by atoms with Gasteiger partial charge in [0.15, 0.2) is 5.96 Å². The number of nitrogens with zero attached hydrogens (tertiary/aromatic N) is 1. The molecule has 104 valence electrons. The zero-order valence-corrected chi connectivity index (χ0v) is 11.6. The van der Waals surface area contributed by atoms with Gasteiger partial charge in [0, 0.05) is 25.4 Å². The molecule has 1 aliphatic carbocycles. The lowest BCUT2D eigenvalue weighted by Crippen LogP contribution is -2.23. The summed E-state index contributed by atoms with van der Waals surface area (Å²) in [5.74, 6) is 0.481. The van der Waals surface area contributed by atoms with Gasteiger partial charge in [0.05, 0.1) is 0 Å². The van der Waals surface area contributed by atoms with E-state index in [2.05, 4.69) is 28.5 Å². The number of anilines is 1. The summed E-state index contributed by atoms with van der Waals surface area (Å²) in [6.07, 6.45) is 4.55. The van der Waals surface area contributed by atoms with E-state index in [0.29, 0.717) is 12.5 Å². The van der Waals surface area contributed by atoms with Crippen LogP contribution in [0.15, 0.2) is 23.2 Å². The van der Waals surface area contributed by atoms with E-state index in [4.69, 9.17) is 10.5 Å². The number of nitrogens with two attached hydrogens (primary N) is 1. The van der Waals surface area contributed by atoms with E-state index in [1.54, 1.807) is 0 Å². The maximum Gasteiger partial charge on any atom is 0.193 e. The van der Waals surface area contributed by atoms with Crippen LogP contribution in [0.3, 0.4) is 0 Å². The number of hydrogen-bond acceptors (Lipinski definition) is 2. The van der Waals surface area contributed by atoms with Gasteiger partial charge in [-0.25, -0.2) is 0 Å². The molecule has 1 aliphatic rings. The van der Waals surface area contributed by atoms with E-state index >= 15 is 0 Å². The maximum absolute atomic E-state index is 5.86. The molecule has 0 radical (unpaired) electrons. The normalized spacial score (nSPS) is 14.5. The van der Waals surface area contributed by atoms with Gasteiger partial charge < -0.3 is 15.8 Å². The summed E-state index contributed by atoms with van der Waals surface area (Å²) in [6, 6.07) is 6.45. The van der Waals surface area contributed by atoms with Crippen molar-refractivity contribution in [3.8, 4) is 0 Å². The summed E-state index contributed by atoms with van der Waals surface area (Å²) >= 11 is 0. The number of hydrogen-bond donors (Lipinski definition) is 2. The molecule has 0 saturated heterocycles. The second-order valence-corrected chi connectivity index (χ2v) is 4.78. The van der Waals surface area contributed by atoms with Gasteiger partial charge in [-0.1, -0.05) is 6.07 Å². The third kappa shape index (κ3) is 4.24. The van der Waals surface area contributed by atoms with Crippen molar-refractivity contribution >= 4 is 11.6 Å². The average Bonchev–Trinajstić information content (AvgIpc) is 2.86. The fourth-order valence-electron chi connectivity index (χ4n) is 2.35. The zero-order chi connectivity index (χ0) is 13.5. The quantitative estimate of drug-likeness (QED) is 0.469. The Morgan fingerprint density at radius 2 is 2.21 bits per heavy atom. The molecule has 0 atom stereocenters. The fourth-order valence-corrected chi connectivity index (χ4v) is 2.35.